The lowest BCUT2D eigenvalue weighted by molar-refractivity contribution is 0.102. The lowest BCUT2D eigenvalue weighted by atomic mass is 9.87. The van der Waals surface area contributed by atoms with Crippen LogP contribution >= 0.6 is 0 Å². The summed E-state index contributed by atoms with van der Waals surface area (Å²) in [5.74, 6) is 0.842. The van der Waals surface area contributed by atoms with Crippen LogP contribution in [0.3, 0.4) is 0 Å². The van der Waals surface area contributed by atoms with Gasteiger partial charge in [-0.3, -0.25) is 14.6 Å². The molecule has 1 aliphatic carbocycles. The first-order valence-corrected chi connectivity index (χ1v) is 7.08. The van der Waals surface area contributed by atoms with Crippen molar-refractivity contribution in [3.8, 4) is 0 Å². The van der Waals surface area contributed by atoms with Crippen LogP contribution in [0.2, 0.25) is 0 Å². The van der Waals surface area contributed by atoms with Crippen LogP contribution in [-0.4, -0.2) is 25.9 Å². The Hall–Kier alpha value is -2.11. The lowest BCUT2D eigenvalue weighted by Gasteiger charge is -2.19. The molecule has 3 rings (SSSR count). The Kier molecular flexibility index (Phi) is 3.54. The largest absolute Gasteiger partial charge is 0.304 e. The highest BCUT2D eigenvalue weighted by Crippen LogP contribution is 2.31. The van der Waals surface area contributed by atoms with Gasteiger partial charge in [0.05, 0.1) is 0 Å². The summed E-state index contributed by atoms with van der Waals surface area (Å²) >= 11 is 0. The van der Waals surface area contributed by atoms with Gasteiger partial charge in [-0.25, -0.2) is 0 Å². The molecular weight excluding hydrogens is 254 g/mol. The van der Waals surface area contributed by atoms with Gasteiger partial charge in [0, 0.05) is 30.9 Å². The monoisotopic (exact) mass is 273 g/mol. The Labute approximate surface area is 117 Å². The Morgan fingerprint density at radius 3 is 2.90 bits per heavy atom. The van der Waals surface area contributed by atoms with Crippen LogP contribution in [0.25, 0.3) is 0 Å². The number of nitrogens with one attached hydrogen (secondary N) is 2. The van der Waals surface area contributed by atoms with Crippen molar-refractivity contribution >= 4 is 11.7 Å². The first kappa shape index (κ1) is 12.9. The third-order valence-electron chi connectivity index (χ3n) is 3.83. The number of aromatic amines is 1. The van der Waals surface area contributed by atoms with E-state index in [9.17, 15) is 4.79 Å². The van der Waals surface area contributed by atoms with Gasteiger partial charge < -0.3 is 5.32 Å². The number of rotatable bonds is 3. The normalized spacial score (nSPS) is 16.2. The van der Waals surface area contributed by atoms with E-state index in [2.05, 4.69) is 20.6 Å². The number of carbonyl (C=O) groups is 1. The van der Waals surface area contributed by atoms with Gasteiger partial charge in [-0.1, -0.05) is 19.3 Å². The van der Waals surface area contributed by atoms with E-state index in [1.165, 1.54) is 32.1 Å². The summed E-state index contributed by atoms with van der Waals surface area (Å²) in [5, 5.41) is 14.0. The fraction of sp³-hybridized carbons (Fsp3) is 0.500. The fourth-order valence-electron chi connectivity index (χ4n) is 2.74. The van der Waals surface area contributed by atoms with Crippen molar-refractivity contribution in [2.24, 2.45) is 7.05 Å². The number of hydrogen-bond acceptors (Lipinski definition) is 3. The first-order valence-electron chi connectivity index (χ1n) is 7.08. The molecule has 2 aromatic heterocycles. The van der Waals surface area contributed by atoms with E-state index < -0.39 is 0 Å². The molecule has 1 fully saturated rings. The summed E-state index contributed by atoms with van der Waals surface area (Å²) in [6.07, 6.45) is 8.00. The van der Waals surface area contributed by atoms with Crippen LogP contribution in [0.1, 0.15) is 54.2 Å². The molecule has 0 spiro atoms. The molecule has 0 saturated heterocycles. The highest BCUT2D eigenvalue weighted by molar-refractivity contribution is 6.02. The van der Waals surface area contributed by atoms with Crippen LogP contribution in [0.5, 0.6) is 0 Å². The van der Waals surface area contributed by atoms with Gasteiger partial charge in [0.15, 0.2) is 11.5 Å². The molecule has 0 bridgehead atoms. The molecule has 2 aromatic rings. The maximum Gasteiger partial charge on any atom is 0.277 e. The number of H-pyrrole nitrogens is 1. The minimum atomic E-state index is -0.220. The number of hydrogen-bond donors (Lipinski definition) is 2. The van der Waals surface area contributed by atoms with E-state index >= 15 is 0 Å². The van der Waals surface area contributed by atoms with E-state index in [-0.39, 0.29) is 5.91 Å². The van der Waals surface area contributed by atoms with E-state index in [1.807, 2.05) is 13.1 Å². The molecule has 106 valence electrons. The van der Waals surface area contributed by atoms with Crippen LogP contribution in [0.15, 0.2) is 18.3 Å². The molecule has 20 heavy (non-hydrogen) atoms. The van der Waals surface area contributed by atoms with Gasteiger partial charge in [-0.05, 0) is 18.9 Å². The summed E-state index contributed by atoms with van der Waals surface area (Å²) < 4.78 is 1.65. The second-order valence-corrected chi connectivity index (χ2v) is 5.37. The highest BCUT2D eigenvalue weighted by Gasteiger charge is 2.19. The molecule has 0 atom stereocenters. The SMILES string of the molecule is Cn1ccc(NC(=O)c2cc(C3CCCCC3)[nH]n2)n1. The van der Waals surface area contributed by atoms with Gasteiger partial charge in [-0.2, -0.15) is 10.2 Å². The van der Waals surface area contributed by atoms with E-state index in [4.69, 9.17) is 0 Å². The summed E-state index contributed by atoms with van der Waals surface area (Å²) in [6, 6.07) is 3.63. The second-order valence-electron chi connectivity index (χ2n) is 5.37. The zero-order valence-corrected chi connectivity index (χ0v) is 11.6. The van der Waals surface area contributed by atoms with Crippen molar-refractivity contribution in [2.75, 3.05) is 5.32 Å². The van der Waals surface area contributed by atoms with Gasteiger partial charge >= 0.3 is 0 Å². The summed E-state index contributed by atoms with van der Waals surface area (Å²) in [5.41, 5.74) is 1.51. The molecule has 2 N–H and O–H groups in total. The topological polar surface area (TPSA) is 75.6 Å². The molecule has 0 unspecified atom stereocenters. The van der Waals surface area contributed by atoms with Crippen molar-refractivity contribution in [2.45, 2.75) is 38.0 Å². The number of aryl methyl sites for hydroxylation is 1. The highest BCUT2D eigenvalue weighted by atomic mass is 16.2. The fourth-order valence-corrected chi connectivity index (χ4v) is 2.74. The molecule has 6 nitrogen and oxygen atoms in total. The third kappa shape index (κ3) is 2.74. The number of nitrogens with zero attached hydrogens (tertiary/aromatic N) is 3. The molecule has 6 heteroatoms. The van der Waals surface area contributed by atoms with Gasteiger partial charge in [-0.15, -0.1) is 0 Å². The van der Waals surface area contributed by atoms with Crippen molar-refractivity contribution in [1.29, 1.82) is 0 Å². The van der Waals surface area contributed by atoms with Gasteiger partial charge in [0.2, 0.25) is 0 Å². The summed E-state index contributed by atoms with van der Waals surface area (Å²) in [7, 11) is 1.81. The number of anilines is 1. The van der Waals surface area contributed by atoms with Crippen LogP contribution < -0.4 is 5.32 Å². The van der Waals surface area contributed by atoms with Crippen LogP contribution in [0, 0.1) is 0 Å². The molecule has 1 amide bonds. The first-order chi connectivity index (χ1) is 9.72. The number of carbonyl (C=O) groups excluding carboxylic acids is 1. The predicted molar refractivity (Wildman–Crippen MR) is 75.6 cm³/mol. The van der Waals surface area contributed by atoms with Crippen LogP contribution in [0.4, 0.5) is 5.82 Å². The van der Waals surface area contributed by atoms with E-state index in [0.717, 1.165) is 5.69 Å². The predicted octanol–water partition coefficient (Wildman–Crippen LogP) is 2.44. The zero-order valence-electron chi connectivity index (χ0n) is 11.6. The van der Waals surface area contributed by atoms with Crippen LogP contribution in [-0.2, 0) is 7.05 Å². The average Bonchev–Trinajstić information content (AvgIpc) is 3.09. The Morgan fingerprint density at radius 1 is 1.40 bits per heavy atom. The minimum absolute atomic E-state index is 0.220. The van der Waals surface area contributed by atoms with Gasteiger partial charge in [0.1, 0.15) is 0 Å². The second kappa shape index (κ2) is 5.48. The minimum Gasteiger partial charge on any atom is -0.304 e. The van der Waals surface area contributed by atoms with Crippen molar-refractivity contribution in [3.05, 3.63) is 29.7 Å². The molecule has 2 heterocycles. The van der Waals surface area contributed by atoms with Gasteiger partial charge in [0.25, 0.3) is 5.91 Å². The van der Waals surface area contributed by atoms with E-state index in [1.54, 1.807) is 16.9 Å². The maximum atomic E-state index is 12.1. The summed E-state index contributed by atoms with van der Waals surface area (Å²) in [6.45, 7) is 0. The standard InChI is InChI=1S/C14H19N5O/c1-19-8-7-13(18-19)15-14(20)12-9-11(16-17-12)10-5-3-2-4-6-10/h7-10H,2-6H2,1H3,(H,16,17)(H,15,18,20). The number of aromatic nitrogens is 4. The molecule has 0 aromatic carbocycles. The Morgan fingerprint density at radius 2 is 2.20 bits per heavy atom. The average molecular weight is 273 g/mol. The molecule has 1 saturated carbocycles. The Balaban J connectivity index is 1.67. The third-order valence-corrected chi connectivity index (χ3v) is 3.83. The van der Waals surface area contributed by atoms with Crippen molar-refractivity contribution in [1.82, 2.24) is 20.0 Å². The quantitative estimate of drug-likeness (QED) is 0.901. The molecule has 1 aliphatic rings. The van der Waals surface area contributed by atoms with E-state index in [0.29, 0.717) is 17.4 Å². The lowest BCUT2D eigenvalue weighted by Crippen LogP contribution is -2.13. The molecule has 0 aliphatic heterocycles. The smallest absolute Gasteiger partial charge is 0.277 e. The molecular formula is C14H19N5O. The Bertz CT molecular complexity index is 594. The van der Waals surface area contributed by atoms with Crippen molar-refractivity contribution < 1.29 is 4.79 Å². The zero-order chi connectivity index (χ0) is 13.9. The van der Waals surface area contributed by atoms with Crippen molar-refractivity contribution in [3.63, 3.8) is 0 Å². The summed E-state index contributed by atoms with van der Waals surface area (Å²) in [4.78, 5) is 12.1. The maximum absolute atomic E-state index is 12.1. The molecule has 0 radical (unpaired) electrons. The number of amides is 1.